The average molecular weight is 410 g/mol. The van der Waals surface area contributed by atoms with Gasteiger partial charge in [0, 0.05) is 5.56 Å². The SMILES string of the molecule is COC(=O)c1ccccc1C(N)(c1nc(OC)cc(OC)n1)S(=O)(=O)NC=O. The summed E-state index contributed by atoms with van der Waals surface area (Å²) >= 11 is 0. The van der Waals surface area contributed by atoms with E-state index in [9.17, 15) is 18.0 Å². The van der Waals surface area contributed by atoms with Crippen molar-refractivity contribution in [1.82, 2.24) is 14.7 Å². The minimum absolute atomic E-state index is 0.0477. The molecule has 3 N–H and O–H groups in total. The number of rotatable bonds is 8. The zero-order valence-corrected chi connectivity index (χ0v) is 16.0. The Bertz CT molecular complexity index is 974. The Morgan fingerprint density at radius 1 is 1.14 bits per heavy atom. The maximum atomic E-state index is 12.9. The number of aromatic nitrogens is 2. The molecule has 1 aromatic heterocycles. The summed E-state index contributed by atoms with van der Waals surface area (Å²) < 4.78 is 42.3. The van der Waals surface area contributed by atoms with E-state index < -0.39 is 26.7 Å². The first-order valence-electron chi connectivity index (χ1n) is 7.65. The number of nitrogens with zero attached hydrogens (tertiary/aromatic N) is 2. The highest BCUT2D eigenvalue weighted by Crippen LogP contribution is 2.34. The maximum Gasteiger partial charge on any atom is 0.338 e. The summed E-state index contributed by atoms with van der Waals surface area (Å²) in [5, 5.41) is 0. The number of carbonyl (C=O) groups excluding carboxylic acids is 2. The number of amides is 1. The first-order chi connectivity index (χ1) is 13.2. The largest absolute Gasteiger partial charge is 0.481 e. The molecule has 2 aromatic rings. The number of nitrogens with two attached hydrogens (primary N) is 1. The third-order valence-electron chi connectivity index (χ3n) is 3.79. The van der Waals surface area contributed by atoms with E-state index in [2.05, 4.69) is 9.97 Å². The lowest BCUT2D eigenvalue weighted by atomic mass is 9.99. The average Bonchev–Trinajstić information content (AvgIpc) is 2.71. The summed E-state index contributed by atoms with van der Waals surface area (Å²) in [6.45, 7) is 0. The highest BCUT2D eigenvalue weighted by molar-refractivity contribution is 7.91. The van der Waals surface area contributed by atoms with Crippen LogP contribution in [-0.2, 0) is 24.4 Å². The first kappa shape index (κ1) is 21.1. The second-order valence-corrected chi connectivity index (χ2v) is 7.17. The Labute approximate surface area is 160 Å². The molecule has 1 unspecified atom stereocenters. The van der Waals surface area contributed by atoms with Gasteiger partial charge in [0.1, 0.15) is 0 Å². The molecule has 0 radical (unpaired) electrons. The number of methoxy groups -OCH3 is 3. The second kappa shape index (κ2) is 8.19. The van der Waals surface area contributed by atoms with Gasteiger partial charge in [-0.1, -0.05) is 18.2 Å². The van der Waals surface area contributed by atoms with Gasteiger partial charge in [0.25, 0.3) is 10.0 Å². The van der Waals surface area contributed by atoms with Crippen molar-refractivity contribution in [2.45, 2.75) is 4.87 Å². The van der Waals surface area contributed by atoms with Gasteiger partial charge in [-0.25, -0.2) is 13.2 Å². The smallest absolute Gasteiger partial charge is 0.338 e. The van der Waals surface area contributed by atoms with Gasteiger partial charge in [-0.3, -0.25) is 9.52 Å². The minimum atomic E-state index is -4.68. The lowest BCUT2D eigenvalue weighted by Crippen LogP contribution is -2.53. The van der Waals surface area contributed by atoms with Crippen molar-refractivity contribution in [3.05, 3.63) is 47.3 Å². The Kier molecular flexibility index (Phi) is 6.16. The Morgan fingerprint density at radius 3 is 2.21 bits per heavy atom. The molecular weight excluding hydrogens is 392 g/mol. The van der Waals surface area contributed by atoms with Crippen LogP contribution < -0.4 is 19.9 Å². The van der Waals surface area contributed by atoms with Crippen molar-refractivity contribution in [3.63, 3.8) is 0 Å². The predicted octanol–water partition coefficient (Wildman–Crippen LogP) is -0.484. The molecule has 0 saturated heterocycles. The molecule has 12 heteroatoms. The van der Waals surface area contributed by atoms with E-state index in [1.165, 1.54) is 44.6 Å². The fraction of sp³-hybridized carbons (Fsp3) is 0.250. The normalized spacial score (nSPS) is 13.1. The van der Waals surface area contributed by atoms with Crippen molar-refractivity contribution < 1.29 is 32.2 Å². The van der Waals surface area contributed by atoms with Crippen LogP contribution in [0.25, 0.3) is 0 Å². The molecule has 150 valence electrons. The third kappa shape index (κ3) is 3.59. The number of hydrogen-bond donors (Lipinski definition) is 2. The van der Waals surface area contributed by atoms with Crippen LogP contribution >= 0.6 is 0 Å². The summed E-state index contributed by atoms with van der Waals surface area (Å²) in [6.07, 6.45) is -0.0604. The highest BCUT2D eigenvalue weighted by Gasteiger charge is 2.49. The molecule has 0 aliphatic carbocycles. The van der Waals surface area contributed by atoms with Gasteiger partial charge in [0.05, 0.1) is 33.0 Å². The van der Waals surface area contributed by atoms with Crippen LogP contribution in [0.4, 0.5) is 0 Å². The minimum Gasteiger partial charge on any atom is -0.481 e. The van der Waals surface area contributed by atoms with Crippen LogP contribution in [-0.4, -0.2) is 52.1 Å². The fourth-order valence-electron chi connectivity index (χ4n) is 2.42. The molecule has 0 bridgehead atoms. The number of nitrogens with one attached hydrogen (secondary N) is 1. The molecule has 0 spiro atoms. The van der Waals surface area contributed by atoms with E-state index in [1.807, 2.05) is 0 Å². The topological polar surface area (TPSA) is 160 Å². The number of esters is 1. The molecule has 0 fully saturated rings. The van der Waals surface area contributed by atoms with Crippen molar-refractivity contribution in [2.24, 2.45) is 5.73 Å². The van der Waals surface area contributed by atoms with Gasteiger partial charge in [0.15, 0.2) is 5.82 Å². The number of hydrogen-bond acceptors (Lipinski definition) is 10. The van der Waals surface area contributed by atoms with Crippen molar-refractivity contribution in [1.29, 1.82) is 0 Å². The number of benzene rings is 1. The maximum absolute atomic E-state index is 12.9. The van der Waals surface area contributed by atoms with E-state index in [0.717, 1.165) is 7.11 Å². The van der Waals surface area contributed by atoms with Crippen LogP contribution in [0.15, 0.2) is 30.3 Å². The fourth-order valence-corrected chi connectivity index (χ4v) is 3.53. The van der Waals surface area contributed by atoms with E-state index in [1.54, 1.807) is 4.72 Å². The van der Waals surface area contributed by atoms with Gasteiger partial charge >= 0.3 is 5.97 Å². The van der Waals surface area contributed by atoms with Crippen molar-refractivity contribution in [2.75, 3.05) is 21.3 Å². The third-order valence-corrected chi connectivity index (χ3v) is 5.45. The molecule has 1 amide bonds. The van der Waals surface area contributed by atoms with Crippen molar-refractivity contribution in [3.8, 4) is 11.8 Å². The first-order valence-corrected chi connectivity index (χ1v) is 9.13. The monoisotopic (exact) mass is 410 g/mol. The van der Waals surface area contributed by atoms with Gasteiger partial charge in [-0.05, 0) is 6.07 Å². The van der Waals surface area contributed by atoms with Crippen molar-refractivity contribution >= 4 is 22.4 Å². The molecule has 0 aliphatic heterocycles. The van der Waals surface area contributed by atoms with Crippen LogP contribution in [0.3, 0.4) is 0 Å². The van der Waals surface area contributed by atoms with Crippen LogP contribution in [0, 0.1) is 0 Å². The molecule has 0 aliphatic rings. The van der Waals surface area contributed by atoms with Gasteiger partial charge in [-0.2, -0.15) is 9.97 Å². The zero-order valence-electron chi connectivity index (χ0n) is 15.2. The summed E-state index contributed by atoms with van der Waals surface area (Å²) in [5.41, 5.74) is 5.92. The molecular formula is C16H18N4O7S. The molecule has 1 aromatic carbocycles. The molecule has 1 heterocycles. The van der Waals surface area contributed by atoms with E-state index in [-0.39, 0.29) is 29.3 Å². The van der Waals surface area contributed by atoms with Crippen LogP contribution in [0.1, 0.15) is 21.7 Å². The summed E-state index contributed by atoms with van der Waals surface area (Å²) in [6, 6.07) is 6.85. The van der Waals surface area contributed by atoms with E-state index >= 15 is 0 Å². The molecule has 0 saturated carbocycles. The van der Waals surface area contributed by atoms with Gasteiger partial charge in [0.2, 0.25) is 23.0 Å². The molecule has 28 heavy (non-hydrogen) atoms. The summed E-state index contributed by atoms with van der Waals surface area (Å²) in [4.78, 5) is 28.5. The standard InChI is InChI=1S/C16H18N4O7S/c1-25-12-8-13(26-2)20-15(19-12)16(17,28(23,24)18-9-21)11-7-5-4-6-10(11)14(22)27-3/h4-9H,17H2,1-3H3,(H,18,21). The van der Waals surface area contributed by atoms with Crippen LogP contribution in [0.5, 0.6) is 11.8 Å². The Morgan fingerprint density at radius 2 is 1.71 bits per heavy atom. The quantitative estimate of drug-likeness (QED) is 0.429. The molecule has 11 nitrogen and oxygen atoms in total. The number of ether oxygens (including phenoxy) is 3. The van der Waals surface area contributed by atoms with Gasteiger partial charge < -0.3 is 19.9 Å². The Balaban J connectivity index is 2.93. The number of carbonyl (C=O) groups is 2. The highest BCUT2D eigenvalue weighted by atomic mass is 32.2. The van der Waals surface area contributed by atoms with Crippen LogP contribution in [0.2, 0.25) is 0 Å². The summed E-state index contributed by atoms with van der Waals surface area (Å²) in [5.74, 6) is -1.43. The Hall–Kier alpha value is -3.25. The number of sulfonamides is 1. The zero-order chi connectivity index (χ0) is 20.9. The molecule has 2 rings (SSSR count). The second-order valence-electron chi connectivity index (χ2n) is 5.29. The van der Waals surface area contributed by atoms with E-state index in [0.29, 0.717) is 0 Å². The van der Waals surface area contributed by atoms with Gasteiger partial charge in [-0.15, -0.1) is 0 Å². The molecule has 1 atom stereocenters. The van der Waals surface area contributed by atoms with E-state index in [4.69, 9.17) is 19.9 Å². The lowest BCUT2D eigenvalue weighted by Gasteiger charge is -2.29. The summed E-state index contributed by atoms with van der Waals surface area (Å²) in [7, 11) is -0.959. The predicted molar refractivity (Wildman–Crippen MR) is 96.0 cm³/mol. The lowest BCUT2D eigenvalue weighted by molar-refractivity contribution is -0.108.